The highest BCUT2D eigenvalue weighted by Crippen LogP contribution is 2.23. The number of piperidine rings is 1. The molecule has 0 spiro atoms. The highest BCUT2D eigenvalue weighted by molar-refractivity contribution is 5.79. The Bertz CT molecular complexity index is 926. The first-order valence-electron chi connectivity index (χ1n) is 9.28. The summed E-state index contributed by atoms with van der Waals surface area (Å²) in [4.78, 5) is 44.6. The maximum absolute atomic E-state index is 12.5. The Hall–Kier alpha value is -2.74. The molecule has 142 valence electrons. The number of rotatable bonds is 4. The minimum Gasteiger partial charge on any atom is -0.369 e. The summed E-state index contributed by atoms with van der Waals surface area (Å²) >= 11 is 0. The fourth-order valence-corrected chi connectivity index (χ4v) is 3.90. The SMILES string of the molecule is NC(=O)C1CCN(C2CN(C(=O)Cn3cnc4ccccc4c3=O)C2)CC1. The monoisotopic (exact) mass is 369 g/mol. The molecule has 3 heterocycles. The summed E-state index contributed by atoms with van der Waals surface area (Å²) < 4.78 is 1.37. The van der Waals surface area contributed by atoms with Crippen LogP contribution in [0.2, 0.25) is 0 Å². The van der Waals surface area contributed by atoms with E-state index in [4.69, 9.17) is 5.73 Å². The molecule has 2 amide bonds. The third kappa shape index (κ3) is 3.44. The summed E-state index contributed by atoms with van der Waals surface area (Å²) in [6.07, 6.45) is 3.02. The highest BCUT2D eigenvalue weighted by Gasteiger charge is 2.37. The summed E-state index contributed by atoms with van der Waals surface area (Å²) in [6, 6.07) is 7.45. The number of primary amides is 1. The van der Waals surface area contributed by atoms with Gasteiger partial charge in [-0.25, -0.2) is 4.98 Å². The molecule has 0 aliphatic carbocycles. The van der Waals surface area contributed by atoms with E-state index < -0.39 is 0 Å². The molecule has 0 unspecified atom stereocenters. The Kier molecular flexibility index (Phi) is 4.65. The number of nitrogens with two attached hydrogens (primary N) is 1. The summed E-state index contributed by atoms with van der Waals surface area (Å²) in [5.74, 6) is -0.307. The van der Waals surface area contributed by atoms with E-state index in [1.54, 1.807) is 23.1 Å². The predicted octanol–water partition coefficient (Wildman–Crippen LogP) is -0.195. The van der Waals surface area contributed by atoms with Gasteiger partial charge in [-0.15, -0.1) is 0 Å². The van der Waals surface area contributed by atoms with Crippen LogP contribution in [0.1, 0.15) is 12.8 Å². The third-order valence-corrected chi connectivity index (χ3v) is 5.70. The maximum Gasteiger partial charge on any atom is 0.261 e. The Morgan fingerprint density at radius 1 is 1.15 bits per heavy atom. The third-order valence-electron chi connectivity index (χ3n) is 5.70. The topological polar surface area (TPSA) is 102 Å². The minimum absolute atomic E-state index is 0.00708. The van der Waals surface area contributed by atoms with E-state index in [9.17, 15) is 14.4 Å². The van der Waals surface area contributed by atoms with Crippen molar-refractivity contribution < 1.29 is 9.59 Å². The molecule has 8 nitrogen and oxygen atoms in total. The molecule has 0 bridgehead atoms. The van der Waals surface area contributed by atoms with Crippen LogP contribution in [0.4, 0.5) is 0 Å². The van der Waals surface area contributed by atoms with E-state index in [0.29, 0.717) is 30.0 Å². The number of fused-ring (bicyclic) bond motifs is 1. The lowest BCUT2D eigenvalue weighted by atomic mass is 9.94. The van der Waals surface area contributed by atoms with E-state index in [0.717, 1.165) is 25.9 Å². The van der Waals surface area contributed by atoms with Crippen molar-refractivity contribution in [3.8, 4) is 0 Å². The molecule has 1 aromatic carbocycles. The lowest BCUT2D eigenvalue weighted by Gasteiger charge is -2.47. The number of hydrogen-bond acceptors (Lipinski definition) is 5. The Morgan fingerprint density at radius 3 is 2.56 bits per heavy atom. The van der Waals surface area contributed by atoms with E-state index in [1.807, 2.05) is 6.07 Å². The van der Waals surface area contributed by atoms with Gasteiger partial charge in [-0.1, -0.05) is 12.1 Å². The van der Waals surface area contributed by atoms with Crippen molar-refractivity contribution >= 4 is 22.7 Å². The number of hydrogen-bond donors (Lipinski definition) is 1. The molecule has 8 heteroatoms. The first-order chi connectivity index (χ1) is 13.0. The summed E-state index contributed by atoms with van der Waals surface area (Å²) in [5.41, 5.74) is 5.81. The van der Waals surface area contributed by atoms with Gasteiger partial charge in [0.25, 0.3) is 5.56 Å². The van der Waals surface area contributed by atoms with Crippen LogP contribution in [0.15, 0.2) is 35.4 Å². The van der Waals surface area contributed by atoms with Gasteiger partial charge in [0.1, 0.15) is 6.54 Å². The van der Waals surface area contributed by atoms with Crippen molar-refractivity contribution in [3.63, 3.8) is 0 Å². The lowest BCUT2D eigenvalue weighted by molar-refractivity contribution is -0.140. The fraction of sp³-hybridized carbons (Fsp3) is 0.474. The van der Waals surface area contributed by atoms with Crippen LogP contribution in [-0.4, -0.2) is 63.4 Å². The zero-order valence-electron chi connectivity index (χ0n) is 15.1. The van der Waals surface area contributed by atoms with Crippen LogP contribution in [0.3, 0.4) is 0 Å². The number of amides is 2. The molecule has 27 heavy (non-hydrogen) atoms. The Morgan fingerprint density at radius 2 is 1.85 bits per heavy atom. The number of likely N-dealkylation sites (tertiary alicyclic amines) is 2. The van der Waals surface area contributed by atoms with Gasteiger partial charge in [0.15, 0.2) is 0 Å². The smallest absolute Gasteiger partial charge is 0.261 e. The molecule has 0 saturated carbocycles. The molecule has 2 aromatic rings. The van der Waals surface area contributed by atoms with Crippen molar-refractivity contribution in [1.82, 2.24) is 19.4 Å². The van der Waals surface area contributed by atoms with Gasteiger partial charge in [0, 0.05) is 25.0 Å². The van der Waals surface area contributed by atoms with Crippen molar-refractivity contribution in [2.45, 2.75) is 25.4 Å². The normalized spacial score (nSPS) is 19.2. The van der Waals surface area contributed by atoms with Crippen LogP contribution in [0.25, 0.3) is 10.9 Å². The van der Waals surface area contributed by atoms with Gasteiger partial charge in [-0.05, 0) is 38.1 Å². The van der Waals surface area contributed by atoms with E-state index in [-0.39, 0.29) is 29.8 Å². The lowest BCUT2D eigenvalue weighted by Crippen LogP contribution is -2.63. The van der Waals surface area contributed by atoms with Gasteiger partial charge in [-0.2, -0.15) is 0 Å². The molecule has 1 aromatic heterocycles. The molecular weight excluding hydrogens is 346 g/mol. The molecule has 2 fully saturated rings. The summed E-state index contributed by atoms with van der Waals surface area (Å²) in [7, 11) is 0. The second-order valence-corrected chi connectivity index (χ2v) is 7.36. The molecule has 2 N–H and O–H groups in total. The van der Waals surface area contributed by atoms with E-state index in [2.05, 4.69) is 9.88 Å². The Labute approximate surface area is 156 Å². The number of aromatic nitrogens is 2. The first-order valence-corrected chi connectivity index (χ1v) is 9.28. The number of nitrogens with zero attached hydrogens (tertiary/aromatic N) is 4. The molecule has 2 aliphatic heterocycles. The van der Waals surface area contributed by atoms with Gasteiger partial charge in [0.05, 0.1) is 17.2 Å². The number of benzene rings is 1. The zero-order valence-corrected chi connectivity index (χ0v) is 15.1. The van der Waals surface area contributed by atoms with Crippen molar-refractivity contribution in [2.75, 3.05) is 26.2 Å². The molecule has 2 aliphatic rings. The second-order valence-electron chi connectivity index (χ2n) is 7.36. The number of carbonyl (C=O) groups is 2. The van der Waals surface area contributed by atoms with E-state index >= 15 is 0 Å². The molecule has 0 atom stereocenters. The standard InChI is InChI=1S/C19H23N5O3/c20-18(26)13-5-7-22(8-6-13)14-9-23(10-14)17(25)11-24-12-21-16-4-2-1-3-15(16)19(24)27/h1-4,12-14H,5-11H2,(H2,20,26). The Balaban J connectivity index is 1.33. The number of carbonyl (C=O) groups excluding carboxylic acids is 2. The first kappa shape index (κ1) is 17.7. The summed E-state index contributed by atoms with van der Waals surface area (Å²) in [6.45, 7) is 3.02. The predicted molar refractivity (Wildman–Crippen MR) is 99.9 cm³/mol. The van der Waals surface area contributed by atoms with Crippen LogP contribution in [0.5, 0.6) is 0 Å². The fourth-order valence-electron chi connectivity index (χ4n) is 3.90. The number of para-hydroxylation sites is 1. The van der Waals surface area contributed by atoms with Gasteiger partial charge >= 0.3 is 0 Å². The minimum atomic E-state index is -0.213. The van der Waals surface area contributed by atoms with Crippen LogP contribution < -0.4 is 11.3 Å². The van der Waals surface area contributed by atoms with E-state index in [1.165, 1.54) is 10.9 Å². The van der Waals surface area contributed by atoms with Gasteiger partial charge < -0.3 is 10.6 Å². The average molecular weight is 369 g/mol. The van der Waals surface area contributed by atoms with Crippen molar-refractivity contribution in [2.24, 2.45) is 11.7 Å². The average Bonchev–Trinajstić information content (AvgIpc) is 2.63. The van der Waals surface area contributed by atoms with Crippen LogP contribution >= 0.6 is 0 Å². The van der Waals surface area contributed by atoms with Crippen molar-refractivity contribution in [1.29, 1.82) is 0 Å². The molecular formula is C19H23N5O3. The maximum atomic E-state index is 12.5. The largest absolute Gasteiger partial charge is 0.369 e. The molecule has 0 radical (unpaired) electrons. The quantitative estimate of drug-likeness (QED) is 0.805. The highest BCUT2D eigenvalue weighted by atomic mass is 16.2. The molecule has 4 rings (SSSR count). The van der Waals surface area contributed by atoms with Crippen LogP contribution in [-0.2, 0) is 16.1 Å². The van der Waals surface area contributed by atoms with Crippen LogP contribution in [0, 0.1) is 5.92 Å². The second kappa shape index (κ2) is 7.11. The van der Waals surface area contributed by atoms with Gasteiger partial charge in [0.2, 0.25) is 11.8 Å². The zero-order chi connectivity index (χ0) is 19.0. The summed E-state index contributed by atoms with van der Waals surface area (Å²) in [5, 5.41) is 0.520. The molecule has 2 saturated heterocycles. The van der Waals surface area contributed by atoms with Crippen molar-refractivity contribution in [3.05, 3.63) is 40.9 Å². The van der Waals surface area contributed by atoms with Gasteiger partial charge in [-0.3, -0.25) is 23.9 Å².